The molecule has 5 rings (SSSR count). The fourth-order valence-corrected chi connectivity index (χ4v) is 6.62. The molecule has 0 bridgehead atoms. The van der Waals surface area contributed by atoms with E-state index in [4.69, 9.17) is 9.97 Å². The van der Waals surface area contributed by atoms with E-state index in [0.29, 0.717) is 48.7 Å². The Morgan fingerprint density at radius 2 is 1.54 bits per heavy atom. The molecule has 0 amide bonds. The largest absolute Gasteiger partial charge is 0.393 e. The number of aryl methyl sites for hydroxylation is 1. The summed E-state index contributed by atoms with van der Waals surface area (Å²) in [7, 11) is -3.52. The number of imidazole rings is 1. The first-order valence-electron chi connectivity index (χ1n) is 13.0. The Bertz CT molecular complexity index is 1310. The van der Waals surface area contributed by atoms with Gasteiger partial charge in [-0.05, 0) is 82.6 Å². The second kappa shape index (κ2) is 10.8. The molecule has 0 spiro atoms. The molecule has 37 heavy (non-hydrogen) atoms. The number of aromatic nitrogens is 4. The highest BCUT2D eigenvalue weighted by atomic mass is 32.2. The predicted octanol–water partition coefficient (Wildman–Crippen LogP) is 3.35. The molecule has 200 valence electrons. The molecule has 2 fully saturated rings. The topological polar surface area (TPSA) is 154 Å². The summed E-state index contributed by atoms with van der Waals surface area (Å²) in [6.07, 6.45) is 6.28. The van der Waals surface area contributed by atoms with Crippen molar-refractivity contribution >= 4 is 44.3 Å². The van der Waals surface area contributed by atoms with Crippen molar-refractivity contribution in [1.82, 2.24) is 19.5 Å². The maximum Gasteiger partial charge on any atom is 0.235 e. The van der Waals surface area contributed by atoms with Gasteiger partial charge in [0.15, 0.2) is 17.0 Å². The second-order valence-electron chi connectivity index (χ2n) is 10.0. The van der Waals surface area contributed by atoms with Gasteiger partial charge in [-0.15, -0.1) is 0 Å². The molecule has 0 atom stereocenters. The van der Waals surface area contributed by atoms with Crippen LogP contribution < -0.4 is 15.4 Å². The summed E-state index contributed by atoms with van der Waals surface area (Å²) >= 11 is 0. The maximum atomic E-state index is 12.8. The van der Waals surface area contributed by atoms with Crippen molar-refractivity contribution in [3.63, 3.8) is 0 Å². The van der Waals surface area contributed by atoms with Crippen molar-refractivity contribution in [2.24, 2.45) is 0 Å². The smallest absolute Gasteiger partial charge is 0.235 e. The van der Waals surface area contributed by atoms with Crippen molar-refractivity contribution in [2.75, 3.05) is 15.4 Å². The number of nitrogens with zero attached hydrogens (tertiary/aromatic N) is 4. The highest BCUT2D eigenvalue weighted by molar-refractivity contribution is 7.93. The minimum atomic E-state index is -3.52. The van der Waals surface area contributed by atoms with Crippen LogP contribution in [0.3, 0.4) is 0 Å². The molecular weight excluding hydrogens is 494 g/mol. The molecule has 2 aromatic heterocycles. The third-order valence-corrected chi connectivity index (χ3v) is 9.19. The van der Waals surface area contributed by atoms with Crippen molar-refractivity contribution in [3.05, 3.63) is 30.6 Å². The average Bonchev–Trinajstić information content (AvgIpc) is 3.30. The number of benzene rings is 1. The molecule has 3 aromatic rings. The molecule has 11 nitrogen and oxygen atoms in total. The van der Waals surface area contributed by atoms with E-state index in [2.05, 4.69) is 20.3 Å². The zero-order valence-electron chi connectivity index (χ0n) is 21.0. The second-order valence-corrected chi connectivity index (χ2v) is 12.0. The Labute approximate surface area is 216 Å². The van der Waals surface area contributed by atoms with Gasteiger partial charge in [0.05, 0.1) is 23.8 Å². The van der Waals surface area contributed by atoms with E-state index >= 15 is 0 Å². The van der Waals surface area contributed by atoms with Crippen molar-refractivity contribution in [2.45, 2.75) is 88.3 Å². The average molecular weight is 530 g/mol. The number of sulfonamides is 1. The Morgan fingerprint density at radius 3 is 2.19 bits per heavy atom. The summed E-state index contributed by atoms with van der Waals surface area (Å²) in [5, 5.41) is 25.7. The fourth-order valence-electron chi connectivity index (χ4n) is 5.09. The zero-order chi connectivity index (χ0) is 26.0. The van der Waals surface area contributed by atoms with Crippen molar-refractivity contribution in [3.8, 4) is 0 Å². The first-order valence-corrected chi connectivity index (χ1v) is 14.6. The number of hydrogen-bond acceptors (Lipinski definition) is 9. The number of aliphatic hydroxyl groups is 2. The lowest BCUT2D eigenvalue weighted by Crippen LogP contribution is -2.33. The first kappa shape index (κ1) is 25.7. The molecule has 5 N–H and O–H groups in total. The van der Waals surface area contributed by atoms with Gasteiger partial charge >= 0.3 is 0 Å². The van der Waals surface area contributed by atoms with Gasteiger partial charge in [0, 0.05) is 24.0 Å². The van der Waals surface area contributed by atoms with Gasteiger partial charge in [-0.25, -0.2) is 13.4 Å². The lowest BCUT2D eigenvalue weighted by atomic mass is 9.93. The quantitative estimate of drug-likeness (QED) is 0.295. The van der Waals surface area contributed by atoms with E-state index in [0.717, 1.165) is 43.6 Å². The molecule has 1 aromatic carbocycles. The molecule has 0 unspecified atom stereocenters. The molecule has 2 saturated carbocycles. The molecule has 0 radical (unpaired) electrons. The van der Waals surface area contributed by atoms with E-state index in [1.54, 1.807) is 30.6 Å². The number of aliphatic hydroxyl groups excluding tert-OH is 2. The van der Waals surface area contributed by atoms with Crippen LogP contribution in [0.1, 0.15) is 58.3 Å². The molecule has 2 heterocycles. The van der Waals surface area contributed by atoms with Gasteiger partial charge in [0.1, 0.15) is 0 Å². The third kappa shape index (κ3) is 5.97. The van der Waals surface area contributed by atoms with Crippen LogP contribution in [0.25, 0.3) is 11.2 Å². The normalized spacial score (nSPS) is 24.6. The van der Waals surface area contributed by atoms with Gasteiger partial charge in [0.25, 0.3) is 0 Å². The van der Waals surface area contributed by atoms with Crippen LogP contribution in [-0.2, 0) is 16.6 Å². The van der Waals surface area contributed by atoms with Gasteiger partial charge in [-0.2, -0.15) is 9.97 Å². The van der Waals surface area contributed by atoms with Crippen LogP contribution in [0, 0.1) is 0 Å². The molecule has 12 heteroatoms. The number of anilines is 4. The van der Waals surface area contributed by atoms with Crippen LogP contribution in [0.4, 0.5) is 23.1 Å². The lowest BCUT2D eigenvalue weighted by Gasteiger charge is -2.26. The first-order chi connectivity index (χ1) is 17.8. The Kier molecular flexibility index (Phi) is 7.50. The lowest BCUT2D eigenvalue weighted by molar-refractivity contribution is 0.126. The number of fused-ring (bicyclic) bond motifs is 1. The minimum Gasteiger partial charge on any atom is -0.393 e. The summed E-state index contributed by atoms with van der Waals surface area (Å²) in [5.41, 5.74) is 2.60. The van der Waals surface area contributed by atoms with Gasteiger partial charge in [-0.1, -0.05) is 0 Å². The summed E-state index contributed by atoms with van der Waals surface area (Å²) in [5.74, 6) is 1.07. The summed E-state index contributed by atoms with van der Waals surface area (Å²) in [6.45, 7) is 2.75. The molecule has 0 saturated heterocycles. The monoisotopic (exact) mass is 529 g/mol. The van der Waals surface area contributed by atoms with Crippen molar-refractivity contribution in [1.29, 1.82) is 0 Å². The van der Waals surface area contributed by atoms with Crippen LogP contribution >= 0.6 is 0 Å². The third-order valence-electron chi connectivity index (χ3n) is 7.32. The standard InChI is InChI=1S/C25H35N7O4S/c1-2-32-15-26-22-23(29-25(30-24(22)32)28-17-7-9-19(33)10-8-17)27-16-3-5-18(6-4-16)31-37(35,36)21-13-11-20(34)12-14-21/h3-6,15,17,19-21,31,33-34H,2,7-14H2,1H3,(H2,27,28,29,30). The summed E-state index contributed by atoms with van der Waals surface area (Å²) in [4.78, 5) is 13.9. The van der Waals surface area contributed by atoms with Crippen LogP contribution in [0.5, 0.6) is 0 Å². The van der Waals surface area contributed by atoms with E-state index < -0.39 is 21.4 Å². The molecule has 2 aliphatic carbocycles. The predicted molar refractivity (Wildman–Crippen MR) is 143 cm³/mol. The number of hydrogen-bond donors (Lipinski definition) is 5. The van der Waals surface area contributed by atoms with E-state index in [-0.39, 0.29) is 12.1 Å². The summed E-state index contributed by atoms with van der Waals surface area (Å²) < 4.78 is 30.2. The number of rotatable bonds is 8. The molecule has 0 aliphatic heterocycles. The van der Waals surface area contributed by atoms with Crippen LogP contribution in [0.2, 0.25) is 0 Å². The summed E-state index contributed by atoms with van der Waals surface area (Å²) in [6, 6.07) is 7.22. The Balaban J connectivity index is 1.32. The van der Waals surface area contributed by atoms with Crippen molar-refractivity contribution < 1.29 is 18.6 Å². The van der Waals surface area contributed by atoms with Gasteiger partial charge < -0.3 is 25.4 Å². The Hall–Kier alpha value is -2.96. The molecular formula is C25H35N7O4S. The van der Waals surface area contributed by atoms with Gasteiger partial charge in [0.2, 0.25) is 16.0 Å². The van der Waals surface area contributed by atoms with E-state index in [1.807, 2.05) is 11.5 Å². The highest BCUT2D eigenvalue weighted by Gasteiger charge is 2.30. The highest BCUT2D eigenvalue weighted by Crippen LogP contribution is 2.29. The van der Waals surface area contributed by atoms with Crippen LogP contribution in [0.15, 0.2) is 30.6 Å². The SMILES string of the molecule is CCn1cnc2c(Nc3ccc(NS(=O)(=O)C4CCC(O)CC4)cc3)nc(NC3CCC(O)CC3)nc21. The van der Waals surface area contributed by atoms with Crippen LogP contribution in [-0.4, -0.2) is 61.6 Å². The van der Waals surface area contributed by atoms with E-state index in [1.165, 1.54) is 0 Å². The van der Waals surface area contributed by atoms with Gasteiger partial charge in [-0.3, -0.25) is 4.72 Å². The maximum absolute atomic E-state index is 12.8. The zero-order valence-corrected chi connectivity index (χ0v) is 21.8. The number of nitrogens with one attached hydrogen (secondary N) is 3. The minimum absolute atomic E-state index is 0.200. The van der Waals surface area contributed by atoms with E-state index in [9.17, 15) is 18.6 Å². The Morgan fingerprint density at radius 1 is 0.919 bits per heavy atom. The molecule has 2 aliphatic rings. The fraction of sp³-hybridized carbons (Fsp3) is 0.560.